The molecule has 0 spiro atoms. The molecule has 0 saturated carbocycles. The number of halogens is 3. The van der Waals surface area contributed by atoms with Crippen LogP contribution in [0.25, 0.3) is 0 Å². The van der Waals surface area contributed by atoms with Crippen LogP contribution in [0, 0.1) is 5.92 Å². The van der Waals surface area contributed by atoms with Crippen LogP contribution in [0.15, 0.2) is 42.5 Å². The Balaban J connectivity index is 1.89. The number of piperidine rings is 1. The highest BCUT2D eigenvalue weighted by atomic mass is 19.4. The number of rotatable bonds is 5. The second kappa shape index (κ2) is 9.95. The van der Waals surface area contributed by atoms with Crippen LogP contribution in [0.4, 0.5) is 29.3 Å². The molecule has 0 unspecified atom stereocenters. The zero-order valence-corrected chi connectivity index (χ0v) is 19.5. The van der Waals surface area contributed by atoms with Crippen molar-refractivity contribution in [3.63, 3.8) is 0 Å². The summed E-state index contributed by atoms with van der Waals surface area (Å²) in [5.74, 6) is -0.815. The molecule has 3 N–H and O–H groups in total. The first kappa shape index (κ1) is 25.4. The fraction of sp³-hybridized carbons (Fsp3) is 0.440. The molecule has 0 aromatic heterocycles. The number of nitrogens with zero attached hydrogens (tertiary/aromatic N) is 1. The van der Waals surface area contributed by atoms with Gasteiger partial charge in [0.1, 0.15) is 5.60 Å². The molecule has 0 radical (unpaired) electrons. The molecule has 1 saturated heterocycles. The first-order valence-electron chi connectivity index (χ1n) is 11.2. The SMILES string of the molecule is CC(C)(C)OC(=O)NC[C@@H]1CCCN(c2c(N)ccc(C(=O)c3ccccc3)c2C(F)(F)F)C1. The lowest BCUT2D eigenvalue weighted by Crippen LogP contribution is -2.43. The van der Waals surface area contributed by atoms with Crippen LogP contribution in [0.1, 0.15) is 55.1 Å². The molecule has 0 bridgehead atoms. The Morgan fingerprint density at radius 3 is 2.41 bits per heavy atom. The minimum Gasteiger partial charge on any atom is -0.444 e. The smallest absolute Gasteiger partial charge is 0.419 e. The standard InChI is InChI=1S/C25H30F3N3O3/c1-24(2,3)34-23(33)30-14-16-8-7-13-31(15-16)21-19(29)12-11-18(20(21)25(26,27)28)22(32)17-9-5-4-6-10-17/h4-6,9-12,16H,7-8,13-15,29H2,1-3H3,(H,30,33)/t16-/m0/s1. The van der Waals surface area contributed by atoms with E-state index in [0.29, 0.717) is 13.0 Å². The van der Waals surface area contributed by atoms with Crippen molar-refractivity contribution in [1.82, 2.24) is 5.32 Å². The number of alkyl halides is 3. The van der Waals surface area contributed by atoms with E-state index in [1.807, 2.05) is 0 Å². The van der Waals surface area contributed by atoms with E-state index in [1.54, 1.807) is 43.9 Å². The number of carbonyl (C=O) groups excluding carboxylic acids is 2. The molecule has 1 amide bonds. The van der Waals surface area contributed by atoms with Crippen molar-refractivity contribution in [3.8, 4) is 0 Å². The fourth-order valence-electron chi connectivity index (χ4n) is 4.15. The third-order valence-corrected chi connectivity index (χ3v) is 5.54. The van der Waals surface area contributed by atoms with Gasteiger partial charge >= 0.3 is 12.3 Å². The van der Waals surface area contributed by atoms with Gasteiger partial charge in [0.2, 0.25) is 0 Å². The van der Waals surface area contributed by atoms with Gasteiger partial charge in [-0.2, -0.15) is 13.2 Å². The average Bonchev–Trinajstić information content (AvgIpc) is 2.76. The van der Waals surface area contributed by atoms with Crippen LogP contribution in [0.5, 0.6) is 0 Å². The summed E-state index contributed by atoms with van der Waals surface area (Å²) in [6, 6.07) is 10.4. The number of anilines is 2. The van der Waals surface area contributed by atoms with Crippen LogP contribution >= 0.6 is 0 Å². The van der Waals surface area contributed by atoms with Crippen molar-refractivity contribution in [2.45, 2.75) is 45.4 Å². The number of ketones is 1. The Hall–Kier alpha value is -3.23. The van der Waals surface area contributed by atoms with Crippen molar-refractivity contribution < 1.29 is 27.5 Å². The summed E-state index contributed by atoms with van der Waals surface area (Å²) in [7, 11) is 0. The van der Waals surface area contributed by atoms with Gasteiger partial charge in [0.15, 0.2) is 5.78 Å². The number of nitrogens with two attached hydrogens (primary N) is 1. The Morgan fingerprint density at radius 2 is 1.79 bits per heavy atom. The molecule has 34 heavy (non-hydrogen) atoms. The maximum absolute atomic E-state index is 14.3. The lowest BCUT2D eigenvalue weighted by atomic mass is 9.92. The summed E-state index contributed by atoms with van der Waals surface area (Å²) < 4.78 is 48.2. The average molecular weight is 478 g/mol. The second-order valence-corrected chi connectivity index (χ2v) is 9.46. The summed E-state index contributed by atoms with van der Waals surface area (Å²) in [6.07, 6.45) is -4.01. The first-order valence-corrected chi connectivity index (χ1v) is 11.2. The molecule has 1 fully saturated rings. The number of nitrogens with one attached hydrogen (secondary N) is 1. The van der Waals surface area contributed by atoms with E-state index < -0.39 is 34.8 Å². The number of hydrogen-bond donors (Lipinski definition) is 2. The van der Waals surface area contributed by atoms with Crippen molar-refractivity contribution in [3.05, 3.63) is 59.2 Å². The van der Waals surface area contributed by atoms with Crippen LogP contribution < -0.4 is 16.0 Å². The fourth-order valence-corrected chi connectivity index (χ4v) is 4.15. The zero-order valence-electron chi connectivity index (χ0n) is 19.5. The number of benzene rings is 2. The predicted octanol–water partition coefficient (Wildman–Crippen LogP) is 5.26. The van der Waals surface area contributed by atoms with Gasteiger partial charge in [0, 0.05) is 30.8 Å². The summed E-state index contributed by atoms with van der Waals surface area (Å²) in [5.41, 5.74) is 3.88. The third-order valence-electron chi connectivity index (χ3n) is 5.54. The summed E-state index contributed by atoms with van der Waals surface area (Å²) in [5, 5.41) is 2.70. The van der Waals surface area contributed by atoms with E-state index in [1.165, 1.54) is 18.2 Å². The van der Waals surface area contributed by atoms with Crippen LogP contribution in [-0.4, -0.2) is 37.1 Å². The Labute approximate surface area is 197 Å². The first-order chi connectivity index (χ1) is 15.9. The van der Waals surface area contributed by atoms with Gasteiger partial charge < -0.3 is 20.7 Å². The molecular formula is C25H30F3N3O3. The van der Waals surface area contributed by atoms with Gasteiger partial charge in [-0.25, -0.2) is 4.79 Å². The highest BCUT2D eigenvalue weighted by molar-refractivity contribution is 6.11. The normalized spacial score (nSPS) is 16.8. The number of nitrogen functional groups attached to an aromatic ring is 1. The van der Waals surface area contributed by atoms with E-state index in [2.05, 4.69) is 5.32 Å². The molecule has 2 aromatic carbocycles. The lowest BCUT2D eigenvalue weighted by Gasteiger charge is -2.37. The van der Waals surface area contributed by atoms with Crippen molar-refractivity contribution in [1.29, 1.82) is 0 Å². The highest BCUT2D eigenvalue weighted by Gasteiger charge is 2.41. The van der Waals surface area contributed by atoms with Gasteiger partial charge in [-0.05, 0) is 51.7 Å². The van der Waals surface area contributed by atoms with Crippen LogP contribution in [0.2, 0.25) is 0 Å². The predicted molar refractivity (Wildman–Crippen MR) is 125 cm³/mol. The van der Waals surface area contributed by atoms with Crippen molar-refractivity contribution in [2.75, 3.05) is 30.3 Å². The largest absolute Gasteiger partial charge is 0.444 e. The number of hydrogen-bond acceptors (Lipinski definition) is 5. The molecule has 6 nitrogen and oxygen atoms in total. The summed E-state index contributed by atoms with van der Waals surface area (Å²) in [6.45, 7) is 6.13. The number of amides is 1. The molecule has 0 aliphatic carbocycles. The molecule has 1 atom stereocenters. The van der Waals surface area contributed by atoms with E-state index >= 15 is 0 Å². The summed E-state index contributed by atoms with van der Waals surface area (Å²) >= 11 is 0. The lowest BCUT2D eigenvalue weighted by molar-refractivity contribution is -0.137. The molecule has 2 aromatic rings. The molecule has 1 heterocycles. The molecule has 184 valence electrons. The second-order valence-electron chi connectivity index (χ2n) is 9.46. The van der Waals surface area contributed by atoms with Gasteiger partial charge in [-0.3, -0.25) is 4.79 Å². The Bertz CT molecular complexity index is 1030. The Morgan fingerprint density at radius 1 is 1.12 bits per heavy atom. The third kappa shape index (κ3) is 6.21. The number of alkyl carbamates (subject to hydrolysis) is 1. The maximum atomic E-state index is 14.3. The number of ether oxygens (including phenoxy) is 1. The van der Waals surface area contributed by atoms with Crippen LogP contribution in [0.3, 0.4) is 0 Å². The van der Waals surface area contributed by atoms with E-state index in [-0.39, 0.29) is 35.9 Å². The van der Waals surface area contributed by atoms with Crippen molar-refractivity contribution in [2.24, 2.45) is 5.92 Å². The molecular weight excluding hydrogens is 447 g/mol. The van der Waals surface area contributed by atoms with Crippen LogP contribution in [-0.2, 0) is 10.9 Å². The molecule has 9 heteroatoms. The van der Waals surface area contributed by atoms with E-state index in [9.17, 15) is 22.8 Å². The number of carbonyl (C=O) groups is 2. The monoisotopic (exact) mass is 477 g/mol. The quantitative estimate of drug-likeness (QED) is 0.453. The zero-order chi connectivity index (χ0) is 25.1. The topological polar surface area (TPSA) is 84.7 Å². The minimum absolute atomic E-state index is 0.0438. The highest BCUT2D eigenvalue weighted by Crippen LogP contribution is 2.44. The van der Waals surface area contributed by atoms with E-state index in [4.69, 9.17) is 10.5 Å². The molecule has 3 rings (SSSR count). The van der Waals surface area contributed by atoms with Crippen molar-refractivity contribution >= 4 is 23.3 Å². The summed E-state index contributed by atoms with van der Waals surface area (Å²) in [4.78, 5) is 26.6. The molecule has 1 aliphatic heterocycles. The van der Waals surface area contributed by atoms with Gasteiger partial charge in [0.25, 0.3) is 0 Å². The van der Waals surface area contributed by atoms with Gasteiger partial charge in [-0.1, -0.05) is 30.3 Å². The van der Waals surface area contributed by atoms with E-state index in [0.717, 1.165) is 12.5 Å². The van der Waals surface area contributed by atoms with Gasteiger partial charge in [-0.15, -0.1) is 0 Å². The van der Waals surface area contributed by atoms with Gasteiger partial charge in [0.05, 0.1) is 16.9 Å². The molecule has 1 aliphatic rings. The Kier molecular flexibility index (Phi) is 7.43. The maximum Gasteiger partial charge on any atom is 0.419 e. The minimum atomic E-state index is -4.79.